The number of carbonyl (C=O) groups is 1. The molecule has 5 heteroatoms. The molecule has 0 unspecified atom stereocenters. The summed E-state index contributed by atoms with van der Waals surface area (Å²) < 4.78 is 2.53. The Morgan fingerprint density at radius 3 is 3.11 bits per heavy atom. The Hall–Kier alpha value is -0.940. The summed E-state index contributed by atoms with van der Waals surface area (Å²) >= 11 is 5.06. The molecule has 0 amide bonds. The fraction of sp³-hybridized carbons (Fsp3) is 0.385. The largest absolute Gasteiger partial charge is 0.286 e. The Labute approximate surface area is 118 Å². The first-order chi connectivity index (χ1) is 8.70. The molecule has 3 rings (SSSR count). The third-order valence-electron chi connectivity index (χ3n) is 3.28. The Kier molecular flexibility index (Phi) is 3.11. The van der Waals surface area contributed by atoms with Crippen LogP contribution in [0, 0.1) is 0 Å². The second kappa shape index (κ2) is 4.63. The number of aromatic nitrogens is 2. The quantitative estimate of drug-likeness (QED) is 0.810. The topological polar surface area (TPSA) is 34.9 Å². The average molecular weight is 325 g/mol. The third-order valence-corrected chi connectivity index (χ3v) is 5.10. The first-order valence-electron chi connectivity index (χ1n) is 6.08. The Morgan fingerprint density at radius 1 is 1.56 bits per heavy atom. The van der Waals surface area contributed by atoms with Crippen molar-refractivity contribution in [1.82, 2.24) is 9.78 Å². The van der Waals surface area contributed by atoms with Gasteiger partial charge in [0.25, 0.3) is 0 Å². The fourth-order valence-electron chi connectivity index (χ4n) is 2.39. The van der Waals surface area contributed by atoms with Crippen molar-refractivity contribution in [3.8, 4) is 0 Å². The van der Waals surface area contributed by atoms with Crippen LogP contribution in [0.4, 0.5) is 0 Å². The lowest BCUT2D eigenvalue weighted by atomic mass is 10.2. The summed E-state index contributed by atoms with van der Waals surface area (Å²) in [6, 6.07) is 2.06. The first kappa shape index (κ1) is 12.1. The van der Waals surface area contributed by atoms with E-state index in [-0.39, 0.29) is 5.78 Å². The number of halogens is 1. The standard InChI is InChI=1S/C13H13BrN2OS/c1-2-16-12(9(14)7-15-16)13(17)11-6-8-4-3-5-10(8)18-11/h6-7H,2-5H2,1H3. The van der Waals surface area contributed by atoms with Crippen LogP contribution in [0.15, 0.2) is 16.7 Å². The molecule has 0 saturated heterocycles. The van der Waals surface area contributed by atoms with Gasteiger partial charge in [-0.25, -0.2) is 0 Å². The molecule has 94 valence electrons. The van der Waals surface area contributed by atoms with Gasteiger partial charge in [-0.1, -0.05) is 0 Å². The van der Waals surface area contributed by atoms with Crippen molar-refractivity contribution in [1.29, 1.82) is 0 Å². The summed E-state index contributed by atoms with van der Waals surface area (Å²) in [5.74, 6) is 0.0839. The molecular formula is C13H13BrN2OS. The van der Waals surface area contributed by atoms with E-state index < -0.39 is 0 Å². The number of fused-ring (bicyclic) bond motifs is 1. The van der Waals surface area contributed by atoms with Gasteiger partial charge in [-0.05, 0) is 53.7 Å². The zero-order chi connectivity index (χ0) is 12.7. The SMILES string of the molecule is CCn1ncc(Br)c1C(=O)c1cc2c(s1)CCC2. The smallest absolute Gasteiger partial charge is 0.222 e. The maximum absolute atomic E-state index is 12.5. The maximum Gasteiger partial charge on any atom is 0.222 e. The van der Waals surface area contributed by atoms with Gasteiger partial charge >= 0.3 is 0 Å². The number of carbonyl (C=O) groups excluding carboxylic acids is 1. The Morgan fingerprint density at radius 2 is 2.39 bits per heavy atom. The number of rotatable bonds is 3. The molecule has 0 saturated carbocycles. The van der Waals surface area contributed by atoms with Crippen molar-refractivity contribution in [3.05, 3.63) is 37.7 Å². The van der Waals surface area contributed by atoms with E-state index in [1.807, 2.05) is 6.92 Å². The fourth-order valence-corrected chi connectivity index (χ4v) is 4.06. The second-order valence-electron chi connectivity index (χ2n) is 4.40. The van der Waals surface area contributed by atoms with Gasteiger partial charge in [0.1, 0.15) is 5.69 Å². The number of nitrogens with zero attached hydrogens (tertiary/aromatic N) is 2. The number of hydrogen-bond donors (Lipinski definition) is 0. The van der Waals surface area contributed by atoms with Crippen molar-refractivity contribution in [2.24, 2.45) is 0 Å². The summed E-state index contributed by atoms with van der Waals surface area (Å²) in [4.78, 5) is 14.8. The van der Waals surface area contributed by atoms with Crippen molar-refractivity contribution < 1.29 is 4.79 Å². The lowest BCUT2D eigenvalue weighted by molar-refractivity contribution is 0.103. The minimum atomic E-state index is 0.0839. The zero-order valence-electron chi connectivity index (χ0n) is 10.1. The highest BCUT2D eigenvalue weighted by Gasteiger charge is 2.23. The van der Waals surface area contributed by atoms with E-state index in [9.17, 15) is 4.79 Å². The lowest BCUT2D eigenvalue weighted by Crippen LogP contribution is -2.10. The van der Waals surface area contributed by atoms with Gasteiger partial charge in [0, 0.05) is 11.4 Å². The molecular weight excluding hydrogens is 312 g/mol. The van der Waals surface area contributed by atoms with Gasteiger partial charge in [-0.3, -0.25) is 9.48 Å². The maximum atomic E-state index is 12.5. The highest BCUT2D eigenvalue weighted by Crippen LogP contribution is 2.32. The predicted octanol–water partition coefficient (Wildman–Crippen LogP) is 3.45. The van der Waals surface area contributed by atoms with Crippen LogP contribution in [0.1, 0.15) is 39.2 Å². The number of aryl methyl sites for hydroxylation is 3. The van der Waals surface area contributed by atoms with E-state index in [4.69, 9.17) is 0 Å². The zero-order valence-corrected chi connectivity index (χ0v) is 12.5. The number of ketones is 1. The summed E-state index contributed by atoms with van der Waals surface area (Å²) in [5.41, 5.74) is 2.03. The van der Waals surface area contributed by atoms with Gasteiger partial charge in [0.05, 0.1) is 15.5 Å². The highest BCUT2D eigenvalue weighted by atomic mass is 79.9. The van der Waals surface area contributed by atoms with E-state index in [0.29, 0.717) is 12.2 Å². The molecule has 0 radical (unpaired) electrons. The lowest BCUT2D eigenvalue weighted by Gasteiger charge is -2.03. The minimum Gasteiger partial charge on any atom is -0.286 e. The first-order valence-corrected chi connectivity index (χ1v) is 7.69. The molecule has 0 aliphatic heterocycles. The van der Waals surface area contributed by atoms with Crippen LogP contribution in [0.5, 0.6) is 0 Å². The third kappa shape index (κ3) is 1.86. The molecule has 2 heterocycles. The van der Waals surface area contributed by atoms with E-state index in [1.54, 1.807) is 22.2 Å². The Bertz CT molecular complexity index is 593. The van der Waals surface area contributed by atoms with Crippen molar-refractivity contribution >= 4 is 33.0 Å². The van der Waals surface area contributed by atoms with Crippen LogP contribution < -0.4 is 0 Å². The normalized spacial score (nSPS) is 13.9. The molecule has 1 aliphatic carbocycles. The van der Waals surface area contributed by atoms with Crippen LogP contribution in [0.2, 0.25) is 0 Å². The molecule has 2 aromatic rings. The van der Waals surface area contributed by atoms with Crippen LogP contribution in [-0.4, -0.2) is 15.6 Å². The van der Waals surface area contributed by atoms with E-state index in [2.05, 4.69) is 27.1 Å². The minimum absolute atomic E-state index is 0.0839. The van der Waals surface area contributed by atoms with Crippen LogP contribution in [-0.2, 0) is 19.4 Å². The molecule has 0 fully saturated rings. The molecule has 0 atom stereocenters. The van der Waals surface area contributed by atoms with Gasteiger partial charge in [-0.15, -0.1) is 11.3 Å². The highest BCUT2D eigenvalue weighted by molar-refractivity contribution is 9.10. The summed E-state index contributed by atoms with van der Waals surface area (Å²) in [5, 5.41) is 4.20. The van der Waals surface area contributed by atoms with E-state index in [1.165, 1.54) is 16.9 Å². The van der Waals surface area contributed by atoms with E-state index >= 15 is 0 Å². The van der Waals surface area contributed by atoms with Crippen LogP contribution in [0.3, 0.4) is 0 Å². The molecule has 0 spiro atoms. The van der Waals surface area contributed by atoms with Crippen molar-refractivity contribution in [3.63, 3.8) is 0 Å². The summed E-state index contributed by atoms with van der Waals surface area (Å²) in [7, 11) is 0. The van der Waals surface area contributed by atoms with E-state index in [0.717, 1.165) is 22.2 Å². The second-order valence-corrected chi connectivity index (χ2v) is 6.39. The van der Waals surface area contributed by atoms with Crippen molar-refractivity contribution in [2.75, 3.05) is 0 Å². The number of hydrogen-bond acceptors (Lipinski definition) is 3. The van der Waals surface area contributed by atoms with Crippen LogP contribution in [0.25, 0.3) is 0 Å². The molecule has 1 aliphatic rings. The molecule has 0 bridgehead atoms. The predicted molar refractivity (Wildman–Crippen MR) is 75.4 cm³/mol. The number of thiophene rings is 1. The van der Waals surface area contributed by atoms with Crippen molar-refractivity contribution in [2.45, 2.75) is 32.7 Å². The Balaban J connectivity index is 2.00. The monoisotopic (exact) mass is 324 g/mol. The van der Waals surface area contributed by atoms with Crippen LogP contribution >= 0.6 is 27.3 Å². The molecule has 18 heavy (non-hydrogen) atoms. The average Bonchev–Trinajstić information content (AvgIpc) is 3.00. The molecule has 2 aromatic heterocycles. The summed E-state index contributed by atoms with van der Waals surface area (Å²) in [6.45, 7) is 2.70. The van der Waals surface area contributed by atoms with Gasteiger partial charge in [0.2, 0.25) is 5.78 Å². The molecule has 0 aromatic carbocycles. The molecule has 3 nitrogen and oxygen atoms in total. The van der Waals surface area contributed by atoms with Gasteiger partial charge < -0.3 is 0 Å². The molecule has 0 N–H and O–H groups in total. The van der Waals surface area contributed by atoms with Gasteiger partial charge in [0.15, 0.2) is 0 Å². The summed E-state index contributed by atoms with van der Waals surface area (Å²) in [6.07, 6.45) is 5.17. The van der Waals surface area contributed by atoms with Gasteiger partial charge in [-0.2, -0.15) is 5.10 Å².